The predicted molar refractivity (Wildman–Crippen MR) is 366 cm³/mol. The Morgan fingerprint density at radius 1 is 0.316 bits per heavy atom. The minimum absolute atomic E-state index is 0.292. The second-order valence-electron chi connectivity index (χ2n) is 26.9. The molecule has 0 aliphatic heterocycles. The molecule has 0 saturated carbocycles. The SMILES string of the molecule is C=C[Si](C)(C)O[Si](O[Si](C)(C)CCC(C)[Si](C)(C)O[Si](O[Si](C)(C)CC[Si](C)(C)O[Si](O[Si](C)(C)CCC(C)[Si](C)(C)C)(c1ccccc1)c1ccccc1)(c1ccccc1)c1ccccc1)(c1ccccc1)c1ccccc1. The Morgan fingerprint density at radius 3 is 0.797 bits per heavy atom. The lowest BCUT2D eigenvalue weighted by Gasteiger charge is -2.46. The van der Waals surface area contributed by atoms with E-state index in [9.17, 15) is 0 Å². The van der Waals surface area contributed by atoms with Gasteiger partial charge in [-0.2, -0.15) is 0 Å². The van der Waals surface area contributed by atoms with Gasteiger partial charge < -0.3 is 24.7 Å². The Labute approximate surface area is 490 Å². The standard InChI is InChI=1S/C63H98O6Si10/c1-19-71(7,8)64-77(58-38-26-20-27-39-58,59-40-28-21-29-41-59)65-73(11,12)53-51-57(3)76(17,18)69-79(62-46-34-24-35-47-62,63-48-36-25-37-49-63)68-75(15,16)55-54-74(13,14)67-78(60-42-30-22-31-43-60,61-44-32-23-33-45-61)66-72(9,10)52-50-56(2)70(4,5)6/h19-49,56-57H,1,50-55H2,2-18H3. The van der Waals surface area contributed by atoms with Crippen LogP contribution in [-0.4, -0.2) is 83.7 Å². The normalized spacial score (nSPS) is 14.4. The van der Waals surface area contributed by atoms with Gasteiger partial charge in [0.05, 0.1) is 0 Å². The van der Waals surface area contributed by atoms with Crippen LogP contribution in [0.4, 0.5) is 0 Å². The van der Waals surface area contributed by atoms with Gasteiger partial charge in [-0.1, -0.05) is 234 Å². The fourth-order valence-corrected chi connectivity index (χ4v) is 53.1. The molecule has 6 aromatic carbocycles. The van der Waals surface area contributed by atoms with Crippen LogP contribution in [0.3, 0.4) is 0 Å². The summed E-state index contributed by atoms with van der Waals surface area (Å²) in [7, 11) is -25.8. The van der Waals surface area contributed by atoms with Crippen molar-refractivity contribution in [3.8, 4) is 0 Å². The zero-order chi connectivity index (χ0) is 58.0. The van der Waals surface area contributed by atoms with Gasteiger partial charge in [0.15, 0.2) is 41.6 Å². The van der Waals surface area contributed by atoms with E-state index in [0.29, 0.717) is 11.1 Å². The lowest BCUT2D eigenvalue weighted by Crippen LogP contribution is -2.71. The molecule has 0 aliphatic rings. The highest BCUT2D eigenvalue weighted by Crippen LogP contribution is 2.37. The van der Waals surface area contributed by atoms with Gasteiger partial charge in [0, 0.05) is 8.07 Å². The second-order valence-corrected chi connectivity index (χ2v) is 68.5. The van der Waals surface area contributed by atoms with Gasteiger partial charge in [-0.25, -0.2) is 0 Å². The lowest BCUT2D eigenvalue weighted by molar-refractivity contribution is 0.393. The molecule has 6 nitrogen and oxygen atoms in total. The van der Waals surface area contributed by atoms with E-state index < -0.39 is 83.7 Å². The predicted octanol–water partition coefficient (Wildman–Crippen LogP) is 14.7. The summed E-state index contributed by atoms with van der Waals surface area (Å²) in [5.74, 6) is 0. The van der Waals surface area contributed by atoms with Crippen molar-refractivity contribution in [1.82, 2.24) is 0 Å². The molecule has 0 bridgehead atoms. The summed E-state index contributed by atoms with van der Waals surface area (Å²) in [5, 5.41) is 7.00. The molecule has 0 aliphatic carbocycles. The number of benzene rings is 6. The van der Waals surface area contributed by atoms with Crippen LogP contribution in [0.15, 0.2) is 194 Å². The maximum absolute atomic E-state index is 8.14. The Bertz CT molecular complexity index is 2680. The van der Waals surface area contributed by atoms with Crippen LogP contribution in [0.25, 0.3) is 0 Å². The molecule has 0 aromatic heterocycles. The summed E-state index contributed by atoms with van der Waals surface area (Å²) in [4.78, 5) is 0. The molecule has 2 atom stereocenters. The fraction of sp³-hybridized carbons (Fsp3) is 0.397. The van der Waals surface area contributed by atoms with Gasteiger partial charge in [-0.05, 0) is 145 Å². The summed E-state index contributed by atoms with van der Waals surface area (Å²) in [5.41, 5.74) is 3.05. The summed E-state index contributed by atoms with van der Waals surface area (Å²) in [6, 6.07) is 69.4. The van der Waals surface area contributed by atoms with Crippen molar-refractivity contribution in [3.63, 3.8) is 0 Å². The number of rotatable bonds is 30. The van der Waals surface area contributed by atoms with Gasteiger partial charge in [0.1, 0.15) is 0 Å². The van der Waals surface area contributed by atoms with Crippen molar-refractivity contribution >= 4 is 115 Å². The number of hydrogen-bond acceptors (Lipinski definition) is 6. The van der Waals surface area contributed by atoms with Gasteiger partial charge in [0.25, 0.3) is 0 Å². The summed E-state index contributed by atoms with van der Waals surface area (Å²) < 4.78 is 47.4. The smallest absolute Gasteiger partial charge is 0.386 e. The molecule has 0 N–H and O–H groups in total. The van der Waals surface area contributed by atoms with Gasteiger partial charge in [-0.15, -0.1) is 6.58 Å². The van der Waals surface area contributed by atoms with E-state index >= 15 is 0 Å². The first-order valence-electron chi connectivity index (χ1n) is 29.1. The van der Waals surface area contributed by atoms with E-state index in [1.165, 1.54) is 16.8 Å². The van der Waals surface area contributed by atoms with E-state index in [-0.39, 0.29) is 0 Å². The molecule has 0 fully saturated rings. The zero-order valence-electron chi connectivity index (χ0n) is 51.5. The lowest BCUT2D eigenvalue weighted by atomic mass is 10.4. The summed E-state index contributed by atoms with van der Waals surface area (Å²) in [6.07, 6.45) is 2.18. The first-order chi connectivity index (χ1) is 36.9. The van der Waals surface area contributed by atoms with E-state index in [0.717, 1.165) is 51.3 Å². The first kappa shape index (κ1) is 65.1. The zero-order valence-corrected chi connectivity index (χ0v) is 61.5. The molecule has 2 unspecified atom stereocenters. The maximum Gasteiger partial charge on any atom is 0.386 e. The monoisotopic (exact) mass is 1230 g/mol. The third-order valence-electron chi connectivity index (χ3n) is 16.3. The molecule has 426 valence electrons. The maximum atomic E-state index is 8.14. The molecule has 6 aromatic rings. The molecule has 0 amide bonds. The van der Waals surface area contributed by atoms with Gasteiger partial charge in [0.2, 0.25) is 8.32 Å². The second kappa shape index (κ2) is 26.7. The average Bonchev–Trinajstić information content (AvgIpc) is 3.55. The van der Waals surface area contributed by atoms with E-state index in [1.54, 1.807) is 0 Å². The van der Waals surface area contributed by atoms with Crippen LogP contribution in [0.5, 0.6) is 0 Å². The number of hydrogen-bond donors (Lipinski definition) is 0. The van der Waals surface area contributed by atoms with Crippen molar-refractivity contribution in [3.05, 3.63) is 194 Å². The van der Waals surface area contributed by atoms with Crippen LogP contribution in [0.2, 0.25) is 133 Å². The van der Waals surface area contributed by atoms with E-state index in [2.05, 4.69) is 301 Å². The molecule has 79 heavy (non-hydrogen) atoms. The molecule has 16 heteroatoms. The Kier molecular flexibility index (Phi) is 22.0. The topological polar surface area (TPSA) is 55.4 Å². The highest BCUT2D eigenvalue weighted by atomic mass is 28.5. The minimum Gasteiger partial charge on any atom is -0.430 e. The quantitative estimate of drug-likeness (QED) is 0.0419. The van der Waals surface area contributed by atoms with Crippen molar-refractivity contribution in [2.45, 2.75) is 160 Å². The van der Waals surface area contributed by atoms with Gasteiger partial charge in [-0.3, -0.25) is 0 Å². The molecular weight excluding hydrogens is 1130 g/mol. The Morgan fingerprint density at radius 2 is 0.544 bits per heavy atom. The van der Waals surface area contributed by atoms with Gasteiger partial charge >= 0.3 is 25.7 Å². The molecular formula is C63H98O6Si10. The highest BCUT2D eigenvalue weighted by molar-refractivity contribution is 7.05. The third-order valence-corrected chi connectivity index (χ3v) is 56.1. The first-order valence-corrected chi connectivity index (χ1v) is 56.5. The van der Waals surface area contributed by atoms with E-state index in [1.807, 2.05) is 5.70 Å². The summed E-state index contributed by atoms with van der Waals surface area (Å²) >= 11 is 0. The van der Waals surface area contributed by atoms with E-state index in [4.69, 9.17) is 24.7 Å². The van der Waals surface area contributed by atoms with Crippen LogP contribution in [-0.2, 0) is 24.7 Å². The molecule has 0 spiro atoms. The van der Waals surface area contributed by atoms with Crippen molar-refractivity contribution in [2.24, 2.45) is 0 Å². The third kappa shape index (κ3) is 17.5. The molecule has 6 rings (SSSR count). The van der Waals surface area contributed by atoms with Crippen LogP contribution >= 0.6 is 0 Å². The molecule has 0 saturated heterocycles. The summed E-state index contributed by atoms with van der Waals surface area (Å²) in [6.45, 7) is 45.4. The minimum atomic E-state index is -3.37. The van der Waals surface area contributed by atoms with Crippen molar-refractivity contribution in [2.75, 3.05) is 0 Å². The van der Waals surface area contributed by atoms with Crippen LogP contribution < -0.4 is 31.1 Å². The Hall–Kier alpha value is -3.01. The van der Waals surface area contributed by atoms with Crippen molar-refractivity contribution < 1.29 is 24.7 Å². The van der Waals surface area contributed by atoms with Crippen LogP contribution in [0, 0.1) is 0 Å². The molecule has 0 heterocycles. The average molecular weight is 1230 g/mol. The largest absolute Gasteiger partial charge is 0.430 e. The van der Waals surface area contributed by atoms with Crippen molar-refractivity contribution in [1.29, 1.82) is 0 Å². The fourth-order valence-electron chi connectivity index (χ4n) is 10.4. The Balaban J connectivity index is 1.32. The van der Waals surface area contributed by atoms with Crippen LogP contribution in [0.1, 0.15) is 26.7 Å². The molecule has 0 radical (unpaired) electrons. The highest BCUT2D eigenvalue weighted by Gasteiger charge is 2.55.